The summed E-state index contributed by atoms with van der Waals surface area (Å²) in [6.45, 7) is 0. The standard InChI is InChI=1S/C12H12FN3/c13-10-6-7-11(15-8-10)12(16-14)9-4-2-1-3-5-9/h1-8,12,16H,14H2. The summed E-state index contributed by atoms with van der Waals surface area (Å²) in [7, 11) is 0. The van der Waals surface area contributed by atoms with E-state index in [9.17, 15) is 4.39 Å². The monoisotopic (exact) mass is 217 g/mol. The molecule has 0 aliphatic carbocycles. The lowest BCUT2D eigenvalue weighted by Crippen LogP contribution is -2.29. The zero-order valence-corrected chi connectivity index (χ0v) is 8.60. The third kappa shape index (κ3) is 2.24. The van der Waals surface area contributed by atoms with Gasteiger partial charge < -0.3 is 0 Å². The number of hydrogen-bond donors (Lipinski definition) is 2. The Morgan fingerprint density at radius 2 is 1.88 bits per heavy atom. The van der Waals surface area contributed by atoms with Crippen LogP contribution in [0.4, 0.5) is 4.39 Å². The van der Waals surface area contributed by atoms with Crippen molar-refractivity contribution in [3.63, 3.8) is 0 Å². The first-order valence-corrected chi connectivity index (χ1v) is 4.94. The summed E-state index contributed by atoms with van der Waals surface area (Å²) in [4.78, 5) is 4.01. The van der Waals surface area contributed by atoms with Gasteiger partial charge in [0.1, 0.15) is 5.82 Å². The molecule has 1 aromatic carbocycles. The van der Waals surface area contributed by atoms with Gasteiger partial charge in [0.2, 0.25) is 0 Å². The number of halogens is 1. The summed E-state index contributed by atoms with van der Waals surface area (Å²) in [5, 5.41) is 0. The molecule has 0 bridgehead atoms. The average Bonchev–Trinajstić information content (AvgIpc) is 2.34. The molecule has 82 valence electrons. The fourth-order valence-corrected chi connectivity index (χ4v) is 1.56. The van der Waals surface area contributed by atoms with Crippen LogP contribution in [0.3, 0.4) is 0 Å². The lowest BCUT2D eigenvalue weighted by Gasteiger charge is -2.15. The molecule has 0 spiro atoms. The van der Waals surface area contributed by atoms with Crippen molar-refractivity contribution in [2.24, 2.45) is 5.84 Å². The maximum Gasteiger partial charge on any atom is 0.141 e. The summed E-state index contributed by atoms with van der Waals surface area (Å²) in [6, 6.07) is 12.4. The Kier molecular flexibility index (Phi) is 3.24. The SMILES string of the molecule is NNC(c1ccccc1)c1ccc(F)cn1. The maximum absolute atomic E-state index is 12.7. The Bertz CT molecular complexity index is 442. The summed E-state index contributed by atoms with van der Waals surface area (Å²) in [5.74, 6) is 5.14. The highest BCUT2D eigenvalue weighted by atomic mass is 19.1. The molecule has 2 rings (SSSR count). The fourth-order valence-electron chi connectivity index (χ4n) is 1.56. The molecule has 2 aromatic rings. The molecule has 0 saturated carbocycles. The van der Waals surface area contributed by atoms with E-state index in [1.54, 1.807) is 6.07 Å². The van der Waals surface area contributed by atoms with Crippen molar-refractivity contribution in [1.29, 1.82) is 0 Å². The van der Waals surface area contributed by atoms with Gasteiger partial charge in [-0.05, 0) is 17.7 Å². The Morgan fingerprint density at radius 3 is 2.44 bits per heavy atom. The van der Waals surface area contributed by atoms with E-state index in [0.29, 0.717) is 5.69 Å². The van der Waals surface area contributed by atoms with Crippen LogP contribution in [-0.4, -0.2) is 4.98 Å². The molecule has 16 heavy (non-hydrogen) atoms. The Balaban J connectivity index is 2.33. The van der Waals surface area contributed by atoms with Crippen molar-refractivity contribution >= 4 is 0 Å². The number of hydrazine groups is 1. The van der Waals surface area contributed by atoms with Crippen molar-refractivity contribution in [2.45, 2.75) is 6.04 Å². The van der Waals surface area contributed by atoms with Crippen LogP contribution in [0.5, 0.6) is 0 Å². The van der Waals surface area contributed by atoms with Gasteiger partial charge >= 0.3 is 0 Å². The predicted molar refractivity (Wildman–Crippen MR) is 59.8 cm³/mol. The van der Waals surface area contributed by atoms with Crippen LogP contribution >= 0.6 is 0 Å². The minimum Gasteiger partial charge on any atom is -0.271 e. The van der Waals surface area contributed by atoms with E-state index in [4.69, 9.17) is 5.84 Å². The molecular formula is C12H12FN3. The molecule has 4 heteroatoms. The van der Waals surface area contributed by atoms with Crippen molar-refractivity contribution in [1.82, 2.24) is 10.4 Å². The fraction of sp³-hybridized carbons (Fsp3) is 0.0833. The van der Waals surface area contributed by atoms with E-state index in [0.717, 1.165) is 5.56 Å². The van der Waals surface area contributed by atoms with Gasteiger partial charge in [0.15, 0.2) is 0 Å². The largest absolute Gasteiger partial charge is 0.271 e. The molecule has 0 fully saturated rings. The molecule has 3 nitrogen and oxygen atoms in total. The number of aromatic nitrogens is 1. The van der Waals surface area contributed by atoms with E-state index in [2.05, 4.69) is 10.4 Å². The predicted octanol–water partition coefficient (Wildman–Crippen LogP) is 1.77. The molecule has 1 unspecified atom stereocenters. The summed E-state index contributed by atoms with van der Waals surface area (Å²) in [6.07, 6.45) is 1.18. The number of nitrogens with one attached hydrogen (secondary N) is 1. The minimum atomic E-state index is -0.354. The topological polar surface area (TPSA) is 50.9 Å². The Labute approximate surface area is 93.1 Å². The molecule has 0 amide bonds. The van der Waals surface area contributed by atoms with Gasteiger partial charge in [-0.15, -0.1) is 0 Å². The Morgan fingerprint density at radius 1 is 1.12 bits per heavy atom. The second-order valence-electron chi connectivity index (χ2n) is 3.41. The summed E-state index contributed by atoms with van der Waals surface area (Å²) < 4.78 is 12.7. The van der Waals surface area contributed by atoms with Crippen LogP contribution in [0.25, 0.3) is 0 Å². The first-order chi connectivity index (χ1) is 7.81. The lowest BCUT2D eigenvalue weighted by atomic mass is 10.0. The number of hydrogen-bond acceptors (Lipinski definition) is 3. The summed E-state index contributed by atoms with van der Waals surface area (Å²) in [5.41, 5.74) is 4.35. The molecule has 1 heterocycles. The van der Waals surface area contributed by atoms with E-state index < -0.39 is 0 Å². The molecule has 0 aliphatic heterocycles. The van der Waals surface area contributed by atoms with Gasteiger partial charge in [0, 0.05) is 0 Å². The number of nitrogens with two attached hydrogens (primary N) is 1. The number of benzene rings is 1. The molecule has 1 atom stereocenters. The van der Waals surface area contributed by atoms with E-state index in [1.165, 1.54) is 12.3 Å². The van der Waals surface area contributed by atoms with Gasteiger partial charge in [-0.2, -0.15) is 0 Å². The zero-order valence-electron chi connectivity index (χ0n) is 8.60. The van der Waals surface area contributed by atoms with Crippen LogP contribution < -0.4 is 11.3 Å². The highest BCUT2D eigenvalue weighted by Crippen LogP contribution is 2.18. The van der Waals surface area contributed by atoms with Gasteiger partial charge in [-0.1, -0.05) is 30.3 Å². The Hall–Kier alpha value is -1.78. The first-order valence-electron chi connectivity index (χ1n) is 4.94. The molecule has 0 saturated heterocycles. The van der Waals surface area contributed by atoms with Gasteiger partial charge in [0.25, 0.3) is 0 Å². The number of nitrogens with zero attached hydrogens (tertiary/aromatic N) is 1. The van der Waals surface area contributed by atoms with Crippen LogP contribution in [0.2, 0.25) is 0 Å². The molecule has 0 radical (unpaired) electrons. The zero-order chi connectivity index (χ0) is 11.4. The average molecular weight is 217 g/mol. The smallest absolute Gasteiger partial charge is 0.141 e. The molecule has 1 aromatic heterocycles. The second kappa shape index (κ2) is 4.83. The lowest BCUT2D eigenvalue weighted by molar-refractivity contribution is 0.596. The number of rotatable bonds is 3. The maximum atomic E-state index is 12.7. The van der Waals surface area contributed by atoms with E-state index in [1.807, 2.05) is 30.3 Å². The van der Waals surface area contributed by atoms with Crippen LogP contribution in [0.1, 0.15) is 17.3 Å². The molecule has 3 N–H and O–H groups in total. The van der Waals surface area contributed by atoms with Crippen LogP contribution in [0, 0.1) is 5.82 Å². The van der Waals surface area contributed by atoms with Crippen LogP contribution in [0.15, 0.2) is 48.7 Å². The first kappa shape index (κ1) is 10.7. The van der Waals surface area contributed by atoms with Crippen molar-refractivity contribution < 1.29 is 4.39 Å². The minimum absolute atomic E-state index is 0.221. The van der Waals surface area contributed by atoms with Crippen molar-refractivity contribution in [3.05, 3.63) is 65.7 Å². The van der Waals surface area contributed by atoms with Crippen LogP contribution in [-0.2, 0) is 0 Å². The quantitative estimate of drug-likeness (QED) is 0.608. The van der Waals surface area contributed by atoms with Gasteiger partial charge in [-0.3, -0.25) is 10.8 Å². The highest BCUT2D eigenvalue weighted by molar-refractivity contribution is 5.27. The summed E-state index contributed by atoms with van der Waals surface area (Å²) >= 11 is 0. The van der Waals surface area contributed by atoms with Gasteiger partial charge in [0.05, 0.1) is 17.9 Å². The van der Waals surface area contributed by atoms with E-state index in [-0.39, 0.29) is 11.9 Å². The molecular weight excluding hydrogens is 205 g/mol. The normalized spacial score (nSPS) is 12.4. The van der Waals surface area contributed by atoms with Crippen molar-refractivity contribution in [2.75, 3.05) is 0 Å². The third-order valence-corrected chi connectivity index (χ3v) is 2.35. The number of pyridine rings is 1. The van der Waals surface area contributed by atoms with Crippen molar-refractivity contribution in [3.8, 4) is 0 Å². The van der Waals surface area contributed by atoms with E-state index >= 15 is 0 Å². The second-order valence-corrected chi connectivity index (χ2v) is 3.41. The van der Waals surface area contributed by atoms with Gasteiger partial charge in [-0.25, -0.2) is 9.82 Å². The highest BCUT2D eigenvalue weighted by Gasteiger charge is 2.12. The molecule has 0 aliphatic rings. The third-order valence-electron chi connectivity index (χ3n) is 2.35.